The van der Waals surface area contributed by atoms with E-state index in [4.69, 9.17) is 9.47 Å². The number of hydrogen-bond acceptors (Lipinski definition) is 6. The molecule has 1 atom stereocenters. The standard InChI is InChI=1S/C22H20F7N3O3/c1-11-31-15-8-16(34-3)17(35-18(10-33-2)22(27,28)29)7-13(15)20(32-11)30-9-12-5-4-6-14(19(12)23)21(24,25)26/h4-8,18H,9-10H2,1-3H3,(H,30,31,32). The summed E-state index contributed by atoms with van der Waals surface area (Å²) in [5.41, 5.74) is -1.45. The molecule has 0 aliphatic carbocycles. The molecular weight excluding hydrogens is 487 g/mol. The van der Waals surface area contributed by atoms with Gasteiger partial charge >= 0.3 is 12.4 Å². The van der Waals surface area contributed by atoms with Crippen molar-refractivity contribution in [3.8, 4) is 11.5 Å². The molecule has 3 rings (SSSR count). The van der Waals surface area contributed by atoms with E-state index in [1.807, 2.05) is 0 Å². The fourth-order valence-corrected chi connectivity index (χ4v) is 3.25. The molecule has 190 valence electrons. The highest BCUT2D eigenvalue weighted by molar-refractivity contribution is 5.91. The van der Waals surface area contributed by atoms with E-state index >= 15 is 0 Å². The first-order valence-corrected chi connectivity index (χ1v) is 10.0. The maximum atomic E-state index is 14.4. The number of hydrogen-bond donors (Lipinski definition) is 1. The molecule has 0 aliphatic rings. The minimum Gasteiger partial charge on any atom is -0.493 e. The van der Waals surface area contributed by atoms with Crippen molar-refractivity contribution in [3.63, 3.8) is 0 Å². The van der Waals surface area contributed by atoms with Crippen molar-refractivity contribution < 1.29 is 44.9 Å². The van der Waals surface area contributed by atoms with Crippen molar-refractivity contribution in [2.75, 3.05) is 26.1 Å². The van der Waals surface area contributed by atoms with Crippen molar-refractivity contribution in [2.24, 2.45) is 0 Å². The van der Waals surface area contributed by atoms with E-state index in [-0.39, 0.29) is 39.6 Å². The van der Waals surface area contributed by atoms with Gasteiger partial charge in [-0.3, -0.25) is 0 Å². The molecule has 0 saturated carbocycles. The Kier molecular flexibility index (Phi) is 7.58. The number of halogens is 7. The number of anilines is 1. The molecule has 0 spiro atoms. The second kappa shape index (κ2) is 10.1. The zero-order valence-electron chi connectivity index (χ0n) is 18.6. The van der Waals surface area contributed by atoms with Gasteiger partial charge in [-0.2, -0.15) is 26.3 Å². The summed E-state index contributed by atoms with van der Waals surface area (Å²) in [5, 5.41) is 2.91. The smallest absolute Gasteiger partial charge is 0.427 e. The Bertz CT molecular complexity index is 1200. The predicted octanol–water partition coefficient (Wildman–Crippen LogP) is 5.67. The second-order valence-electron chi connectivity index (χ2n) is 7.37. The van der Waals surface area contributed by atoms with Crippen LogP contribution >= 0.6 is 0 Å². The molecule has 1 aromatic heterocycles. The van der Waals surface area contributed by atoms with Crippen molar-refractivity contribution in [2.45, 2.75) is 31.9 Å². The summed E-state index contributed by atoms with van der Waals surface area (Å²) in [7, 11) is 2.32. The molecule has 0 saturated heterocycles. The van der Waals surface area contributed by atoms with Crippen LogP contribution in [-0.4, -0.2) is 43.1 Å². The van der Waals surface area contributed by atoms with Gasteiger partial charge in [-0.05, 0) is 19.1 Å². The highest BCUT2D eigenvalue weighted by atomic mass is 19.4. The van der Waals surface area contributed by atoms with E-state index in [9.17, 15) is 30.7 Å². The van der Waals surface area contributed by atoms with E-state index in [0.717, 1.165) is 13.2 Å². The quantitative estimate of drug-likeness (QED) is 0.397. The average Bonchev–Trinajstić information content (AvgIpc) is 2.76. The summed E-state index contributed by atoms with van der Waals surface area (Å²) in [5.74, 6) is -1.49. The van der Waals surface area contributed by atoms with E-state index in [1.54, 1.807) is 0 Å². The van der Waals surface area contributed by atoms with Crippen molar-refractivity contribution in [1.29, 1.82) is 0 Å². The topological polar surface area (TPSA) is 65.5 Å². The summed E-state index contributed by atoms with van der Waals surface area (Å²) >= 11 is 0. The lowest BCUT2D eigenvalue weighted by atomic mass is 10.1. The van der Waals surface area contributed by atoms with E-state index in [1.165, 1.54) is 32.2 Å². The van der Waals surface area contributed by atoms with Crippen LogP contribution in [0.3, 0.4) is 0 Å². The Hall–Kier alpha value is -3.35. The van der Waals surface area contributed by atoms with E-state index < -0.39 is 43.0 Å². The van der Waals surface area contributed by atoms with Crippen molar-refractivity contribution >= 4 is 16.7 Å². The number of nitrogens with one attached hydrogen (secondary N) is 1. The van der Waals surface area contributed by atoms with Gasteiger partial charge in [0.15, 0.2) is 11.5 Å². The molecule has 0 fully saturated rings. The number of nitrogens with zero attached hydrogens (tertiary/aromatic N) is 2. The van der Waals surface area contributed by atoms with Gasteiger partial charge in [0, 0.05) is 30.7 Å². The van der Waals surface area contributed by atoms with Crippen LogP contribution in [0.2, 0.25) is 0 Å². The third-order valence-corrected chi connectivity index (χ3v) is 4.88. The zero-order valence-corrected chi connectivity index (χ0v) is 18.6. The van der Waals surface area contributed by atoms with Crippen LogP contribution in [0.25, 0.3) is 10.9 Å². The first kappa shape index (κ1) is 26.3. The van der Waals surface area contributed by atoms with Crippen molar-refractivity contribution in [1.82, 2.24) is 9.97 Å². The summed E-state index contributed by atoms with van der Waals surface area (Å²) < 4.78 is 108. The molecule has 6 nitrogen and oxygen atoms in total. The highest BCUT2D eigenvalue weighted by Gasteiger charge is 2.42. The van der Waals surface area contributed by atoms with Gasteiger partial charge < -0.3 is 19.5 Å². The van der Waals surface area contributed by atoms with Gasteiger partial charge in [-0.25, -0.2) is 14.4 Å². The Balaban J connectivity index is 2.01. The first-order valence-electron chi connectivity index (χ1n) is 10.0. The lowest BCUT2D eigenvalue weighted by Gasteiger charge is -2.22. The maximum absolute atomic E-state index is 14.4. The molecule has 3 aromatic rings. The molecular formula is C22H20F7N3O3. The number of methoxy groups -OCH3 is 2. The third kappa shape index (κ3) is 6.02. The largest absolute Gasteiger partial charge is 0.493 e. The van der Waals surface area contributed by atoms with Gasteiger partial charge in [0.05, 0.1) is 24.8 Å². The van der Waals surface area contributed by atoms with Gasteiger partial charge in [0.25, 0.3) is 0 Å². The van der Waals surface area contributed by atoms with Crippen LogP contribution in [0.5, 0.6) is 11.5 Å². The SMILES string of the molecule is COCC(Oc1cc2c(NCc3cccc(C(F)(F)F)c3F)nc(C)nc2cc1OC)C(F)(F)F. The molecule has 1 N–H and O–H groups in total. The number of aryl methyl sites for hydroxylation is 1. The van der Waals surface area contributed by atoms with E-state index in [0.29, 0.717) is 6.07 Å². The normalized spacial score (nSPS) is 13.1. The van der Waals surface area contributed by atoms with Gasteiger partial charge in [-0.15, -0.1) is 0 Å². The highest BCUT2D eigenvalue weighted by Crippen LogP contribution is 2.37. The second-order valence-corrected chi connectivity index (χ2v) is 7.37. The molecule has 35 heavy (non-hydrogen) atoms. The number of aromatic nitrogens is 2. The number of ether oxygens (including phenoxy) is 3. The molecule has 0 amide bonds. The monoisotopic (exact) mass is 507 g/mol. The molecule has 13 heteroatoms. The Morgan fingerprint density at radius 1 is 1.00 bits per heavy atom. The lowest BCUT2D eigenvalue weighted by molar-refractivity contribution is -0.206. The zero-order chi connectivity index (χ0) is 26.0. The number of fused-ring (bicyclic) bond motifs is 1. The van der Waals surface area contributed by atoms with Crippen LogP contribution in [0.15, 0.2) is 30.3 Å². The van der Waals surface area contributed by atoms with Crippen LogP contribution in [0.1, 0.15) is 17.0 Å². The fraction of sp³-hybridized carbons (Fsp3) is 0.364. The Morgan fingerprint density at radius 2 is 1.71 bits per heavy atom. The fourth-order valence-electron chi connectivity index (χ4n) is 3.25. The van der Waals surface area contributed by atoms with Crippen molar-refractivity contribution in [3.05, 3.63) is 53.1 Å². The molecule has 1 heterocycles. The molecule has 0 aliphatic heterocycles. The number of rotatable bonds is 8. The number of alkyl halides is 6. The van der Waals surface area contributed by atoms with E-state index in [2.05, 4.69) is 20.0 Å². The molecule has 2 aromatic carbocycles. The minimum atomic E-state index is -4.88. The van der Waals surface area contributed by atoms with Crippen LogP contribution < -0.4 is 14.8 Å². The maximum Gasteiger partial charge on any atom is 0.427 e. The predicted molar refractivity (Wildman–Crippen MR) is 112 cm³/mol. The van der Waals surface area contributed by atoms with Gasteiger partial charge in [0.1, 0.15) is 17.5 Å². The van der Waals surface area contributed by atoms with Gasteiger partial charge in [0.2, 0.25) is 6.10 Å². The summed E-state index contributed by atoms with van der Waals surface area (Å²) in [4.78, 5) is 8.38. The number of benzene rings is 2. The third-order valence-electron chi connectivity index (χ3n) is 4.88. The Morgan fingerprint density at radius 3 is 2.31 bits per heavy atom. The molecule has 1 unspecified atom stereocenters. The van der Waals surface area contributed by atoms with Crippen LogP contribution in [0, 0.1) is 12.7 Å². The minimum absolute atomic E-state index is 0.0455. The summed E-state index contributed by atoms with van der Waals surface area (Å²) in [6, 6.07) is 5.39. The molecule has 0 radical (unpaired) electrons. The summed E-state index contributed by atoms with van der Waals surface area (Å²) in [6.45, 7) is 0.359. The van der Waals surface area contributed by atoms with Gasteiger partial charge in [-0.1, -0.05) is 12.1 Å². The first-order chi connectivity index (χ1) is 16.3. The van der Waals surface area contributed by atoms with Crippen LogP contribution in [-0.2, 0) is 17.5 Å². The molecule has 0 bridgehead atoms. The summed E-state index contributed by atoms with van der Waals surface area (Å²) in [6.07, 6.45) is -11.9. The van der Waals surface area contributed by atoms with Crippen LogP contribution in [0.4, 0.5) is 36.6 Å². The lowest BCUT2D eigenvalue weighted by Crippen LogP contribution is -2.38. The average molecular weight is 507 g/mol. The Labute approximate surface area is 195 Å².